The number of hydrogen-bond acceptors (Lipinski definition) is 3. The van der Waals surface area contributed by atoms with Gasteiger partial charge in [-0.25, -0.2) is 5.01 Å². The molecule has 0 radical (unpaired) electrons. The Morgan fingerprint density at radius 3 is 2.33 bits per heavy atom. The summed E-state index contributed by atoms with van der Waals surface area (Å²) in [5.41, 5.74) is 4.86. The highest BCUT2D eigenvalue weighted by Gasteiger charge is 2.34. The Hall–Kier alpha value is -3.28. The molecule has 0 saturated carbocycles. The lowest BCUT2D eigenvalue weighted by molar-refractivity contribution is -0.117. The first kappa shape index (κ1) is 20.0. The Kier molecular flexibility index (Phi) is 5.74. The lowest BCUT2D eigenvalue weighted by Gasteiger charge is -2.13. The van der Waals surface area contributed by atoms with Crippen LogP contribution >= 0.6 is 23.2 Å². The number of amides is 2. The molecule has 0 aromatic heterocycles. The monoisotopic (exact) mass is 438 g/mol. The van der Waals surface area contributed by atoms with Gasteiger partial charge in [0, 0.05) is 0 Å². The number of hydrogen-bond donors (Lipinski definition) is 1. The number of carbonyl (C=O) groups is 2. The van der Waals surface area contributed by atoms with E-state index < -0.39 is 11.8 Å². The molecule has 7 heteroatoms. The molecular formula is C23H16Cl2N2O3. The number of nitrogens with one attached hydrogen (secondary N) is 1. The summed E-state index contributed by atoms with van der Waals surface area (Å²) in [6, 6.07) is 21.4. The van der Waals surface area contributed by atoms with E-state index in [1.165, 1.54) is 5.01 Å². The van der Waals surface area contributed by atoms with Gasteiger partial charge in [0.05, 0.1) is 15.7 Å². The summed E-state index contributed by atoms with van der Waals surface area (Å²) in [6.45, 7) is 0.338. The van der Waals surface area contributed by atoms with Gasteiger partial charge in [-0.15, -0.1) is 0 Å². The predicted octanol–water partition coefficient (Wildman–Crippen LogP) is 5.03. The van der Waals surface area contributed by atoms with Crippen molar-refractivity contribution in [3.8, 4) is 5.75 Å². The normalized spacial score (nSPS) is 14.9. The maximum absolute atomic E-state index is 12.6. The number of hydrazine groups is 1. The number of benzene rings is 3. The summed E-state index contributed by atoms with van der Waals surface area (Å²) in [6.07, 6.45) is 1.56. The molecule has 1 fully saturated rings. The van der Waals surface area contributed by atoms with E-state index in [9.17, 15) is 9.59 Å². The summed E-state index contributed by atoms with van der Waals surface area (Å²) < 4.78 is 5.75. The van der Waals surface area contributed by atoms with E-state index in [1.54, 1.807) is 66.7 Å². The molecule has 1 saturated heterocycles. The Balaban J connectivity index is 1.45. The molecule has 1 N–H and O–H groups in total. The van der Waals surface area contributed by atoms with Gasteiger partial charge in [0.1, 0.15) is 17.9 Å². The molecule has 30 heavy (non-hydrogen) atoms. The van der Waals surface area contributed by atoms with Crippen LogP contribution in [0, 0.1) is 0 Å². The first-order valence-electron chi connectivity index (χ1n) is 9.10. The van der Waals surface area contributed by atoms with Crippen molar-refractivity contribution in [1.82, 2.24) is 5.43 Å². The number of carbonyl (C=O) groups excluding carboxylic acids is 2. The van der Waals surface area contributed by atoms with E-state index in [0.29, 0.717) is 33.7 Å². The van der Waals surface area contributed by atoms with E-state index in [0.717, 1.165) is 5.56 Å². The van der Waals surface area contributed by atoms with Gasteiger partial charge in [-0.3, -0.25) is 15.0 Å². The van der Waals surface area contributed by atoms with Crippen LogP contribution in [0.15, 0.2) is 78.4 Å². The molecule has 4 rings (SSSR count). The van der Waals surface area contributed by atoms with E-state index in [1.807, 2.05) is 12.1 Å². The fourth-order valence-corrected chi connectivity index (χ4v) is 3.26. The fraction of sp³-hybridized carbons (Fsp3) is 0.0435. The quantitative estimate of drug-likeness (QED) is 0.448. The van der Waals surface area contributed by atoms with Crippen molar-refractivity contribution in [2.45, 2.75) is 6.61 Å². The minimum absolute atomic E-state index is 0.0725. The van der Waals surface area contributed by atoms with Gasteiger partial charge in [0.25, 0.3) is 11.8 Å². The van der Waals surface area contributed by atoms with Gasteiger partial charge in [-0.2, -0.15) is 0 Å². The van der Waals surface area contributed by atoms with Crippen LogP contribution in [0.4, 0.5) is 5.69 Å². The molecule has 1 heterocycles. The third-order valence-corrected chi connectivity index (χ3v) is 5.23. The van der Waals surface area contributed by atoms with Crippen LogP contribution in [0.2, 0.25) is 10.0 Å². The lowest BCUT2D eigenvalue weighted by atomic mass is 10.1. The van der Waals surface area contributed by atoms with E-state index in [-0.39, 0.29) is 5.57 Å². The van der Waals surface area contributed by atoms with E-state index >= 15 is 0 Å². The van der Waals surface area contributed by atoms with Crippen molar-refractivity contribution >= 4 is 46.8 Å². The number of ether oxygens (including phenoxy) is 1. The molecule has 150 valence electrons. The zero-order valence-electron chi connectivity index (χ0n) is 15.6. The van der Waals surface area contributed by atoms with E-state index in [2.05, 4.69) is 5.43 Å². The van der Waals surface area contributed by atoms with Crippen LogP contribution in [0.3, 0.4) is 0 Å². The van der Waals surface area contributed by atoms with Crippen molar-refractivity contribution in [3.05, 3.63) is 99.5 Å². The van der Waals surface area contributed by atoms with E-state index in [4.69, 9.17) is 27.9 Å². The molecular weight excluding hydrogens is 423 g/mol. The number of anilines is 1. The topological polar surface area (TPSA) is 58.6 Å². The molecule has 1 aliphatic rings. The molecule has 0 unspecified atom stereocenters. The van der Waals surface area contributed by atoms with Crippen molar-refractivity contribution in [2.24, 2.45) is 0 Å². The van der Waals surface area contributed by atoms with Crippen LogP contribution in [-0.2, 0) is 16.2 Å². The highest BCUT2D eigenvalue weighted by atomic mass is 35.5. The molecule has 0 aliphatic carbocycles. The molecule has 2 amide bonds. The molecule has 0 bridgehead atoms. The minimum Gasteiger partial charge on any atom is -0.489 e. The summed E-state index contributed by atoms with van der Waals surface area (Å²) in [4.78, 5) is 24.9. The highest BCUT2D eigenvalue weighted by molar-refractivity contribution is 6.42. The Bertz CT molecular complexity index is 1130. The number of nitrogens with zero attached hydrogens (tertiary/aromatic N) is 1. The average Bonchev–Trinajstić information content (AvgIpc) is 3.04. The van der Waals surface area contributed by atoms with Crippen LogP contribution in [0.25, 0.3) is 6.08 Å². The number of rotatable bonds is 5. The van der Waals surface area contributed by atoms with Gasteiger partial charge >= 0.3 is 0 Å². The maximum Gasteiger partial charge on any atom is 0.282 e. The van der Waals surface area contributed by atoms with Gasteiger partial charge in [-0.1, -0.05) is 59.6 Å². The Labute approximate surface area is 183 Å². The second-order valence-corrected chi connectivity index (χ2v) is 7.40. The lowest BCUT2D eigenvalue weighted by Crippen LogP contribution is -2.35. The third kappa shape index (κ3) is 4.32. The number of halogens is 2. The average molecular weight is 439 g/mol. The van der Waals surface area contributed by atoms with Crippen LogP contribution in [-0.4, -0.2) is 11.8 Å². The first-order chi connectivity index (χ1) is 14.5. The smallest absolute Gasteiger partial charge is 0.282 e. The minimum atomic E-state index is -0.441. The van der Waals surface area contributed by atoms with Crippen LogP contribution in [0.5, 0.6) is 5.75 Å². The Morgan fingerprint density at radius 1 is 0.900 bits per heavy atom. The largest absolute Gasteiger partial charge is 0.489 e. The summed E-state index contributed by atoms with van der Waals surface area (Å²) in [5, 5.41) is 2.21. The molecule has 1 aliphatic heterocycles. The zero-order valence-corrected chi connectivity index (χ0v) is 17.2. The van der Waals surface area contributed by atoms with Crippen molar-refractivity contribution in [2.75, 3.05) is 5.01 Å². The van der Waals surface area contributed by atoms with Crippen LogP contribution < -0.4 is 15.2 Å². The van der Waals surface area contributed by atoms with Gasteiger partial charge < -0.3 is 4.74 Å². The zero-order chi connectivity index (χ0) is 21.1. The van der Waals surface area contributed by atoms with Crippen LogP contribution in [0.1, 0.15) is 11.1 Å². The fourth-order valence-electron chi connectivity index (χ4n) is 2.94. The standard InChI is InChI=1S/C23H16Cl2N2O3/c24-20-11-8-16(13-21(20)25)14-30-18-9-6-15(7-10-18)12-19-22(28)26-27(23(19)29)17-4-2-1-3-5-17/h1-13H,14H2,(H,26,28). The molecule has 3 aromatic rings. The van der Waals surface area contributed by atoms with Crippen molar-refractivity contribution < 1.29 is 14.3 Å². The summed E-state index contributed by atoms with van der Waals surface area (Å²) in [7, 11) is 0. The summed E-state index contributed by atoms with van der Waals surface area (Å²) in [5.74, 6) is -0.189. The molecule has 0 spiro atoms. The van der Waals surface area contributed by atoms with Gasteiger partial charge in [-0.05, 0) is 53.6 Å². The molecule has 3 aromatic carbocycles. The van der Waals surface area contributed by atoms with Gasteiger partial charge in [0.15, 0.2) is 0 Å². The highest BCUT2D eigenvalue weighted by Crippen LogP contribution is 2.24. The first-order valence-corrected chi connectivity index (χ1v) is 9.86. The Morgan fingerprint density at radius 2 is 1.63 bits per heavy atom. The van der Waals surface area contributed by atoms with Crippen molar-refractivity contribution in [1.29, 1.82) is 0 Å². The summed E-state index contributed by atoms with van der Waals surface area (Å²) >= 11 is 11.9. The predicted molar refractivity (Wildman–Crippen MR) is 117 cm³/mol. The molecule has 0 atom stereocenters. The second kappa shape index (κ2) is 8.61. The molecule has 5 nitrogen and oxygen atoms in total. The third-order valence-electron chi connectivity index (χ3n) is 4.49. The SMILES string of the molecule is O=C1NN(c2ccccc2)C(=O)C1=Cc1ccc(OCc2ccc(Cl)c(Cl)c2)cc1. The number of para-hydroxylation sites is 1. The van der Waals surface area contributed by atoms with Gasteiger partial charge in [0.2, 0.25) is 0 Å². The van der Waals surface area contributed by atoms with Crippen molar-refractivity contribution in [3.63, 3.8) is 0 Å². The second-order valence-electron chi connectivity index (χ2n) is 6.58. The maximum atomic E-state index is 12.6.